The van der Waals surface area contributed by atoms with E-state index in [1.807, 2.05) is 0 Å². The van der Waals surface area contributed by atoms with Gasteiger partial charge in [-0.2, -0.15) is 0 Å². The number of nitrogens with two attached hydrogens (primary N) is 1. The quantitative estimate of drug-likeness (QED) is 0.653. The van der Waals surface area contributed by atoms with Gasteiger partial charge in [0.2, 0.25) is 0 Å². The number of anilines is 2. The molecule has 4 nitrogen and oxygen atoms in total. The molecule has 0 amide bonds. The number of nitrogens with one attached hydrogen (secondary N) is 1. The van der Waals surface area contributed by atoms with E-state index >= 15 is 0 Å². The molecule has 1 aliphatic carbocycles. The van der Waals surface area contributed by atoms with Crippen LogP contribution in [0, 0.1) is 5.41 Å². The number of carbonyl (C=O) groups is 1. The average molecular weight is 276 g/mol. The Morgan fingerprint density at radius 1 is 1.50 bits per heavy atom. The van der Waals surface area contributed by atoms with Crippen molar-refractivity contribution in [2.75, 3.05) is 17.7 Å². The summed E-state index contributed by atoms with van der Waals surface area (Å²) in [7, 11) is 0. The number of nitrogen functional groups attached to an aromatic ring is 1. The Labute approximate surface area is 120 Å². The first-order valence-electron chi connectivity index (χ1n) is 7.27. The van der Waals surface area contributed by atoms with Gasteiger partial charge in [-0.3, -0.25) is 0 Å². The molecule has 0 bridgehead atoms. The smallest absolute Gasteiger partial charge is 0.338 e. The van der Waals surface area contributed by atoms with Crippen LogP contribution in [0.2, 0.25) is 0 Å². The van der Waals surface area contributed by atoms with Crippen LogP contribution in [0.25, 0.3) is 0 Å². The molecule has 4 heteroatoms. The fourth-order valence-electron chi connectivity index (χ4n) is 2.80. The molecule has 0 heterocycles. The number of hydrogen-bond acceptors (Lipinski definition) is 4. The molecule has 1 aromatic carbocycles. The van der Waals surface area contributed by atoms with Crippen molar-refractivity contribution in [1.29, 1.82) is 0 Å². The lowest BCUT2D eigenvalue weighted by atomic mass is 9.87. The summed E-state index contributed by atoms with van der Waals surface area (Å²) in [6, 6.07) is 5.65. The molecule has 20 heavy (non-hydrogen) atoms. The lowest BCUT2D eigenvalue weighted by molar-refractivity contribution is 0.0526. The maximum atomic E-state index is 11.8. The van der Waals surface area contributed by atoms with Crippen LogP contribution in [0.3, 0.4) is 0 Å². The molecule has 2 rings (SSSR count). The predicted octanol–water partition coefficient (Wildman–Crippen LogP) is 3.44. The van der Waals surface area contributed by atoms with Gasteiger partial charge in [0, 0.05) is 6.04 Å². The highest BCUT2D eigenvalue weighted by Crippen LogP contribution is 2.39. The highest BCUT2D eigenvalue weighted by Gasteiger charge is 2.34. The van der Waals surface area contributed by atoms with Crippen molar-refractivity contribution < 1.29 is 9.53 Å². The third-order valence-electron chi connectivity index (χ3n) is 4.15. The van der Waals surface area contributed by atoms with Crippen LogP contribution in [0.4, 0.5) is 11.4 Å². The van der Waals surface area contributed by atoms with E-state index in [2.05, 4.69) is 19.2 Å². The predicted molar refractivity (Wildman–Crippen MR) is 81.9 cm³/mol. The third-order valence-corrected chi connectivity index (χ3v) is 4.15. The molecule has 0 spiro atoms. The maximum absolute atomic E-state index is 11.8. The van der Waals surface area contributed by atoms with Gasteiger partial charge in [0.25, 0.3) is 0 Å². The Hall–Kier alpha value is -1.71. The molecule has 3 N–H and O–H groups in total. The average Bonchev–Trinajstić information content (AvgIpc) is 2.71. The molecule has 1 atom stereocenters. The fraction of sp³-hybridized carbons (Fsp3) is 0.562. The van der Waals surface area contributed by atoms with E-state index in [0.29, 0.717) is 23.9 Å². The van der Waals surface area contributed by atoms with Gasteiger partial charge < -0.3 is 15.8 Å². The second-order valence-corrected chi connectivity index (χ2v) is 6.10. The van der Waals surface area contributed by atoms with Crippen LogP contribution < -0.4 is 11.1 Å². The Balaban J connectivity index is 2.19. The van der Waals surface area contributed by atoms with Crippen molar-refractivity contribution >= 4 is 17.3 Å². The van der Waals surface area contributed by atoms with E-state index in [4.69, 9.17) is 10.5 Å². The molecule has 0 aromatic heterocycles. The van der Waals surface area contributed by atoms with Crippen molar-refractivity contribution in [3.63, 3.8) is 0 Å². The zero-order chi connectivity index (χ0) is 14.8. The number of esters is 1. The van der Waals surface area contributed by atoms with Crippen LogP contribution in [-0.4, -0.2) is 18.6 Å². The molecule has 0 saturated heterocycles. The van der Waals surface area contributed by atoms with E-state index in [-0.39, 0.29) is 11.4 Å². The van der Waals surface area contributed by atoms with Gasteiger partial charge in [0.05, 0.1) is 23.5 Å². The summed E-state index contributed by atoms with van der Waals surface area (Å²) in [5.74, 6) is -0.304. The number of hydrogen-bond donors (Lipinski definition) is 2. The molecule has 1 unspecified atom stereocenters. The Morgan fingerprint density at radius 2 is 2.25 bits per heavy atom. The lowest BCUT2D eigenvalue weighted by Crippen LogP contribution is -2.31. The zero-order valence-electron chi connectivity index (χ0n) is 12.5. The number of rotatable bonds is 4. The van der Waals surface area contributed by atoms with Gasteiger partial charge in [-0.1, -0.05) is 20.3 Å². The first-order valence-corrected chi connectivity index (χ1v) is 7.27. The molecule has 1 aromatic rings. The van der Waals surface area contributed by atoms with Gasteiger partial charge in [-0.15, -0.1) is 0 Å². The molecular weight excluding hydrogens is 252 g/mol. The minimum atomic E-state index is -0.304. The summed E-state index contributed by atoms with van der Waals surface area (Å²) < 4.78 is 5.03. The van der Waals surface area contributed by atoms with E-state index < -0.39 is 0 Å². The van der Waals surface area contributed by atoms with E-state index in [1.165, 1.54) is 12.8 Å². The van der Waals surface area contributed by atoms with E-state index in [9.17, 15) is 4.79 Å². The maximum Gasteiger partial charge on any atom is 0.338 e. The Kier molecular flexibility index (Phi) is 4.21. The fourth-order valence-corrected chi connectivity index (χ4v) is 2.80. The summed E-state index contributed by atoms with van der Waals surface area (Å²) in [4.78, 5) is 11.8. The topological polar surface area (TPSA) is 64.3 Å². The highest BCUT2D eigenvalue weighted by atomic mass is 16.5. The van der Waals surface area contributed by atoms with Crippen molar-refractivity contribution in [2.24, 2.45) is 5.41 Å². The molecule has 110 valence electrons. The van der Waals surface area contributed by atoms with E-state index in [1.54, 1.807) is 25.1 Å². The molecule has 1 saturated carbocycles. The van der Waals surface area contributed by atoms with Crippen LogP contribution in [-0.2, 0) is 4.74 Å². The molecule has 0 radical (unpaired) electrons. The summed E-state index contributed by atoms with van der Waals surface area (Å²) in [6.07, 6.45) is 3.57. The molecule has 1 fully saturated rings. The summed E-state index contributed by atoms with van der Waals surface area (Å²) >= 11 is 0. The standard InChI is InChI=1S/C16H24N2O2/c1-4-20-15(19)11-7-8-12(17)13(10-11)18-14-6-5-9-16(14,2)3/h7-8,10,14,18H,4-6,9,17H2,1-3H3. The number of ether oxygens (including phenoxy) is 1. The highest BCUT2D eigenvalue weighted by molar-refractivity contribution is 5.92. The number of carbonyl (C=O) groups excluding carboxylic acids is 1. The second-order valence-electron chi connectivity index (χ2n) is 6.10. The Morgan fingerprint density at radius 3 is 2.85 bits per heavy atom. The summed E-state index contributed by atoms with van der Waals surface area (Å²) in [5.41, 5.74) is 8.31. The SMILES string of the molecule is CCOC(=O)c1ccc(N)c(NC2CCCC2(C)C)c1. The van der Waals surface area contributed by atoms with Crippen molar-refractivity contribution in [2.45, 2.75) is 46.1 Å². The van der Waals surface area contributed by atoms with Crippen LogP contribution >= 0.6 is 0 Å². The van der Waals surface area contributed by atoms with Gasteiger partial charge in [-0.05, 0) is 43.4 Å². The van der Waals surface area contributed by atoms with Crippen molar-refractivity contribution in [3.05, 3.63) is 23.8 Å². The Bertz CT molecular complexity index is 497. The van der Waals surface area contributed by atoms with Crippen molar-refractivity contribution in [3.8, 4) is 0 Å². The molecule has 1 aliphatic rings. The first kappa shape index (κ1) is 14.7. The minimum absolute atomic E-state index is 0.256. The molecular formula is C16H24N2O2. The van der Waals surface area contributed by atoms with Crippen molar-refractivity contribution in [1.82, 2.24) is 0 Å². The van der Waals surface area contributed by atoms with Gasteiger partial charge in [0.1, 0.15) is 0 Å². The summed E-state index contributed by atoms with van der Waals surface area (Å²) in [6.45, 7) is 6.71. The number of benzene rings is 1. The first-order chi connectivity index (χ1) is 9.44. The lowest BCUT2D eigenvalue weighted by Gasteiger charge is -2.29. The zero-order valence-corrected chi connectivity index (χ0v) is 12.5. The van der Waals surface area contributed by atoms with Crippen LogP contribution in [0.5, 0.6) is 0 Å². The van der Waals surface area contributed by atoms with Crippen LogP contribution in [0.1, 0.15) is 50.4 Å². The largest absolute Gasteiger partial charge is 0.462 e. The molecule has 0 aliphatic heterocycles. The summed E-state index contributed by atoms with van der Waals surface area (Å²) in [5, 5.41) is 3.50. The minimum Gasteiger partial charge on any atom is -0.462 e. The van der Waals surface area contributed by atoms with E-state index in [0.717, 1.165) is 12.1 Å². The third kappa shape index (κ3) is 3.06. The van der Waals surface area contributed by atoms with Gasteiger partial charge >= 0.3 is 5.97 Å². The van der Waals surface area contributed by atoms with Crippen LogP contribution in [0.15, 0.2) is 18.2 Å². The second kappa shape index (κ2) is 5.73. The monoisotopic (exact) mass is 276 g/mol. The van der Waals surface area contributed by atoms with Gasteiger partial charge in [-0.25, -0.2) is 4.79 Å². The van der Waals surface area contributed by atoms with Gasteiger partial charge in [0.15, 0.2) is 0 Å². The normalized spacial score (nSPS) is 20.6.